The van der Waals surface area contributed by atoms with Crippen LogP contribution in [-0.4, -0.2) is 12.5 Å². The van der Waals surface area contributed by atoms with Gasteiger partial charge in [0.05, 0.1) is 5.56 Å². The van der Waals surface area contributed by atoms with E-state index in [1.165, 1.54) is 6.07 Å². The maximum absolute atomic E-state index is 13.4. The fourth-order valence-electron chi connectivity index (χ4n) is 1.16. The summed E-state index contributed by atoms with van der Waals surface area (Å²) in [6.07, 6.45) is 0.846. The van der Waals surface area contributed by atoms with Crippen molar-refractivity contribution in [3.8, 4) is 0 Å². The predicted molar refractivity (Wildman–Crippen MR) is 53.8 cm³/mol. The summed E-state index contributed by atoms with van der Waals surface area (Å²) in [5, 5.41) is 2.64. The number of carbonyl (C=O) groups is 1. The van der Waals surface area contributed by atoms with Gasteiger partial charge in [0, 0.05) is 6.54 Å². The van der Waals surface area contributed by atoms with Gasteiger partial charge in [0.1, 0.15) is 5.82 Å². The molecule has 1 aromatic rings. The molecule has 0 spiro atoms. The van der Waals surface area contributed by atoms with E-state index in [1.54, 1.807) is 19.1 Å². The fourth-order valence-corrected chi connectivity index (χ4v) is 1.16. The van der Waals surface area contributed by atoms with E-state index in [9.17, 15) is 9.18 Å². The van der Waals surface area contributed by atoms with E-state index >= 15 is 0 Å². The van der Waals surface area contributed by atoms with Crippen LogP contribution in [0.2, 0.25) is 0 Å². The van der Waals surface area contributed by atoms with Crippen molar-refractivity contribution in [2.45, 2.75) is 20.3 Å². The first-order chi connectivity index (χ1) is 6.66. The smallest absolute Gasteiger partial charge is 0.254 e. The van der Waals surface area contributed by atoms with Gasteiger partial charge >= 0.3 is 0 Å². The molecule has 3 heteroatoms. The molecular weight excluding hydrogens is 181 g/mol. The quantitative estimate of drug-likeness (QED) is 0.787. The van der Waals surface area contributed by atoms with E-state index < -0.39 is 5.82 Å². The van der Waals surface area contributed by atoms with Crippen LogP contribution in [0.3, 0.4) is 0 Å². The summed E-state index contributed by atoms with van der Waals surface area (Å²) >= 11 is 0. The second-order valence-electron chi connectivity index (χ2n) is 3.19. The number of carbonyl (C=O) groups excluding carboxylic acids is 1. The van der Waals surface area contributed by atoms with E-state index in [4.69, 9.17) is 0 Å². The van der Waals surface area contributed by atoms with E-state index in [2.05, 4.69) is 5.32 Å². The SMILES string of the molecule is CCCNC(=O)c1cccc(C)c1F. The van der Waals surface area contributed by atoms with Crippen molar-refractivity contribution in [2.75, 3.05) is 6.54 Å². The number of aryl methyl sites for hydroxylation is 1. The average molecular weight is 195 g/mol. The van der Waals surface area contributed by atoms with Crippen LogP contribution in [0, 0.1) is 12.7 Å². The second kappa shape index (κ2) is 4.74. The van der Waals surface area contributed by atoms with Crippen LogP contribution < -0.4 is 5.32 Å². The molecule has 1 aromatic carbocycles. The Morgan fingerprint density at radius 3 is 2.86 bits per heavy atom. The minimum Gasteiger partial charge on any atom is -0.352 e. The summed E-state index contributed by atoms with van der Waals surface area (Å²) in [6, 6.07) is 4.82. The monoisotopic (exact) mass is 195 g/mol. The first-order valence-corrected chi connectivity index (χ1v) is 4.70. The van der Waals surface area contributed by atoms with E-state index in [0.717, 1.165) is 6.42 Å². The van der Waals surface area contributed by atoms with Crippen LogP contribution in [0.4, 0.5) is 4.39 Å². The van der Waals surface area contributed by atoms with Crippen molar-refractivity contribution in [2.24, 2.45) is 0 Å². The topological polar surface area (TPSA) is 29.1 Å². The summed E-state index contributed by atoms with van der Waals surface area (Å²) in [4.78, 5) is 11.4. The fraction of sp³-hybridized carbons (Fsp3) is 0.364. The van der Waals surface area contributed by atoms with Gasteiger partial charge in [0.15, 0.2) is 0 Å². The third kappa shape index (κ3) is 2.31. The molecule has 0 aliphatic rings. The zero-order valence-electron chi connectivity index (χ0n) is 8.43. The minimum atomic E-state index is -0.430. The minimum absolute atomic E-state index is 0.124. The van der Waals surface area contributed by atoms with Gasteiger partial charge in [-0.1, -0.05) is 19.1 Å². The first-order valence-electron chi connectivity index (χ1n) is 4.70. The van der Waals surface area contributed by atoms with Crippen LogP contribution in [0.25, 0.3) is 0 Å². The third-order valence-corrected chi connectivity index (χ3v) is 1.97. The molecule has 0 fully saturated rings. The molecule has 0 aromatic heterocycles. The average Bonchev–Trinajstić information content (AvgIpc) is 2.18. The first kappa shape index (κ1) is 10.7. The normalized spacial score (nSPS) is 9.93. The Kier molecular flexibility index (Phi) is 3.63. The van der Waals surface area contributed by atoms with Gasteiger partial charge in [-0.3, -0.25) is 4.79 Å². The van der Waals surface area contributed by atoms with Crippen molar-refractivity contribution in [3.05, 3.63) is 35.1 Å². The molecule has 2 nitrogen and oxygen atoms in total. The van der Waals surface area contributed by atoms with Crippen molar-refractivity contribution in [1.29, 1.82) is 0 Å². The highest BCUT2D eigenvalue weighted by molar-refractivity contribution is 5.94. The summed E-state index contributed by atoms with van der Waals surface area (Å²) in [5.41, 5.74) is 0.618. The van der Waals surface area contributed by atoms with Gasteiger partial charge in [0.25, 0.3) is 5.91 Å². The summed E-state index contributed by atoms with van der Waals surface area (Å²) in [6.45, 7) is 4.17. The lowest BCUT2D eigenvalue weighted by atomic mass is 10.1. The molecule has 1 amide bonds. The van der Waals surface area contributed by atoms with Crippen LogP contribution in [-0.2, 0) is 0 Å². The lowest BCUT2D eigenvalue weighted by Crippen LogP contribution is -2.25. The van der Waals surface area contributed by atoms with Crippen molar-refractivity contribution in [3.63, 3.8) is 0 Å². The molecule has 0 radical (unpaired) electrons. The zero-order valence-corrected chi connectivity index (χ0v) is 8.43. The van der Waals surface area contributed by atoms with Gasteiger partial charge in [-0.05, 0) is 25.0 Å². The number of benzene rings is 1. The van der Waals surface area contributed by atoms with Gasteiger partial charge < -0.3 is 5.32 Å². The zero-order chi connectivity index (χ0) is 10.6. The molecule has 0 aliphatic heterocycles. The largest absolute Gasteiger partial charge is 0.352 e. The third-order valence-electron chi connectivity index (χ3n) is 1.97. The number of rotatable bonds is 3. The molecular formula is C11H14FNO. The van der Waals surface area contributed by atoms with Crippen LogP contribution in [0.15, 0.2) is 18.2 Å². The highest BCUT2D eigenvalue weighted by atomic mass is 19.1. The highest BCUT2D eigenvalue weighted by Gasteiger charge is 2.11. The Balaban J connectivity index is 2.84. The Morgan fingerprint density at radius 1 is 1.50 bits per heavy atom. The maximum Gasteiger partial charge on any atom is 0.254 e. The number of hydrogen-bond acceptors (Lipinski definition) is 1. The number of nitrogens with one attached hydrogen (secondary N) is 1. The Bertz CT molecular complexity index is 336. The van der Waals surface area contributed by atoms with Crippen LogP contribution in [0.1, 0.15) is 29.3 Å². The number of hydrogen-bond donors (Lipinski definition) is 1. The molecule has 1 N–H and O–H groups in total. The van der Waals surface area contributed by atoms with Gasteiger partial charge in [-0.2, -0.15) is 0 Å². The standard InChI is InChI=1S/C11H14FNO/c1-3-7-13-11(14)9-6-4-5-8(2)10(9)12/h4-6H,3,7H2,1-2H3,(H,13,14). The Hall–Kier alpha value is -1.38. The summed E-state index contributed by atoms with van der Waals surface area (Å²) in [7, 11) is 0. The lowest BCUT2D eigenvalue weighted by molar-refractivity contribution is 0.0949. The Labute approximate surface area is 83.1 Å². The Morgan fingerprint density at radius 2 is 2.21 bits per heavy atom. The molecule has 0 unspecified atom stereocenters. The molecule has 1 rings (SSSR count). The predicted octanol–water partition coefficient (Wildman–Crippen LogP) is 2.27. The van der Waals surface area contributed by atoms with E-state index in [1.807, 2.05) is 6.92 Å². The number of amides is 1. The highest BCUT2D eigenvalue weighted by Crippen LogP contribution is 2.11. The van der Waals surface area contributed by atoms with Crippen LogP contribution in [0.5, 0.6) is 0 Å². The van der Waals surface area contributed by atoms with E-state index in [-0.39, 0.29) is 11.5 Å². The molecule has 14 heavy (non-hydrogen) atoms. The van der Waals surface area contributed by atoms with Crippen LogP contribution >= 0.6 is 0 Å². The van der Waals surface area contributed by atoms with Crippen molar-refractivity contribution < 1.29 is 9.18 Å². The molecule has 0 saturated heterocycles. The van der Waals surface area contributed by atoms with E-state index in [0.29, 0.717) is 12.1 Å². The van der Waals surface area contributed by atoms with Crippen molar-refractivity contribution in [1.82, 2.24) is 5.32 Å². The lowest BCUT2D eigenvalue weighted by Gasteiger charge is -2.05. The molecule has 0 atom stereocenters. The molecule has 0 heterocycles. The maximum atomic E-state index is 13.4. The second-order valence-corrected chi connectivity index (χ2v) is 3.19. The van der Waals surface area contributed by atoms with Gasteiger partial charge in [-0.25, -0.2) is 4.39 Å². The van der Waals surface area contributed by atoms with Gasteiger partial charge in [-0.15, -0.1) is 0 Å². The summed E-state index contributed by atoms with van der Waals surface area (Å²) in [5.74, 6) is -0.769. The summed E-state index contributed by atoms with van der Waals surface area (Å²) < 4.78 is 13.4. The number of halogens is 1. The molecule has 76 valence electrons. The van der Waals surface area contributed by atoms with Crippen molar-refractivity contribution >= 4 is 5.91 Å². The molecule has 0 saturated carbocycles. The molecule has 0 aliphatic carbocycles. The van der Waals surface area contributed by atoms with Gasteiger partial charge in [0.2, 0.25) is 0 Å². The molecule has 0 bridgehead atoms.